The molecule has 0 saturated heterocycles. The molecule has 1 aliphatic heterocycles. The number of nitrogens with one attached hydrogen (secondary N) is 2. The molecule has 0 saturated carbocycles. The first-order chi connectivity index (χ1) is 14.7. The van der Waals surface area contributed by atoms with Crippen LogP contribution in [-0.2, 0) is 9.53 Å². The van der Waals surface area contributed by atoms with Gasteiger partial charge in [0.2, 0.25) is 5.75 Å². The third kappa shape index (κ3) is 5.65. The number of esters is 1. The van der Waals surface area contributed by atoms with Crippen LogP contribution in [0.5, 0.6) is 11.5 Å². The molecule has 170 valence electrons. The highest BCUT2D eigenvalue weighted by Gasteiger charge is 2.36. The van der Waals surface area contributed by atoms with Crippen molar-refractivity contribution in [1.82, 2.24) is 10.6 Å². The van der Waals surface area contributed by atoms with Crippen molar-refractivity contribution in [2.24, 2.45) is 0 Å². The monoisotopic (exact) mass is 435 g/mol. The molecule has 0 aliphatic carbocycles. The van der Waals surface area contributed by atoms with E-state index in [-0.39, 0.29) is 28.9 Å². The van der Waals surface area contributed by atoms with Crippen molar-refractivity contribution in [3.05, 3.63) is 39.1 Å². The van der Waals surface area contributed by atoms with Crippen molar-refractivity contribution >= 4 is 17.7 Å². The molecule has 0 radical (unpaired) electrons. The standard InChI is InChI=1S/C21H29N3O7/c1-6-8-9-30-19-15(24(27)28)10-13(11-16(19)29-5)18-17(20(25)31-12(3)4)14(7-2)22-21(26)23-18/h10-12,18H,6-9H2,1-5H3,(H2,22,23,26). The molecule has 10 nitrogen and oxygen atoms in total. The maximum absolute atomic E-state index is 12.8. The average molecular weight is 435 g/mol. The number of urea groups is 1. The van der Waals surface area contributed by atoms with Crippen LogP contribution < -0.4 is 20.1 Å². The van der Waals surface area contributed by atoms with Crippen molar-refractivity contribution in [2.75, 3.05) is 13.7 Å². The first-order valence-corrected chi connectivity index (χ1v) is 10.2. The van der Waals surface area contributed by atoms with Gasteiger partial charge in [0.25, 0.3) is 0 Å². The lowest BCUT2D eigenvalue weighted by atomic mass is 9.93. The second kappa shape index (κ2) is 10.6. The summed E-state index contributed by atoms with van der Waals surface area (Å²) in [7, 11) is 1.37. The van der Waals surface area contributed by atoms with Gasteiger partial charge in [-0.05, 0) is 38.3 Å². The predicted molar refractivity (Wildman–Crippen MR) is 113 cm³/mol. The van der Waals surface area contributed by atoms with Crippen LogP contribution in [0.2, 0.25) is 0 Å². The van der Waals surface area contributed by atoms with Gasteiger partial charge in [-0.2, -0.15) is 0 Å². The number of rotatable bonds is 10. The van der Waals surface area contributed by atoms with Gasteiger partial charge in [-0.15, -0.1) is 0 Å². The van der Waals surface area contributed by atoms with Gasteiger partial charge in [0, 0.05) is 11.8 Å². The van der Waals surface area contributed by atoms with E-state index in [1.807, 2.05) is 6.92 Å². The third-order valence-electron chi connectivity index (χ3n) is 4.62. The lowest BCUT2D eigenvalue weighted by Gasteiger charge is -2.29. The Bertz CT molecular complexity index is 880. The summed E-state index contributed by atoms with van der Waals surface area (Å²) in [6.45, 7) is 7.49. The van der Waals surface area contributed by atoms with Gasteiger partial charge in [-0.25, -0.2) is 9.59 Å². The minimum absolute atomic E-state index is 0.0102. The van der Waals surface area contributed by atoms with E-state index < -0.39 is 23.0 Å². The molecule has 1 aromatic carbocycles. The molecule has 1 unspecified atom stereocenters. The first-order valence-electron chi connectivity index (χ1n) is 10.2. The number of carbonyl (C=O) groups is 2. The normalized spacial score (nSPS) is 15.9. The van der Waals surface area contributed by atoms with Gasteiger partial charge in [0.15, 0.2) is 5.75 Å². The molecule has 2 amide bonds. The molecule has 1 atom stereocenters. The van der Waals surface area contributed by atoms with Crippen LogP contribution >= 0.6 is 0 Å². The fourth-order valence-electron chi connectivity index (χ4n) is 3.19. The molecular weight excluding hydrogens is 406 g/mol. The second-order valence-corrected chi connectivity index (χ2v) is 7.26. The largest absolute Gasteiger partial charge is 0.493 e. The molecule has 1 heterocycles. The van der Waals surface area contributed by atoms with Crippen LogP contribution in [0, 0.1) is 10.1 Å². The van der Waals surface area contributed by atoms with Gasteiger partial charge in [-0.3, -0.25) is 10.1 Å². The van der Waals surface area contributed by atoms with Crippen molar-refractivity contribution in [1.29, 1.82) is 0 Å². The Morgan fingerprint density at radius 3 is 2.55 bits per heavy atom. The highest BCUT2D eigenvalue weighted by atomic mass is 16.6. The Labute approximate surface area is 181 Å². The van der Waals surface area contributed by atoms with Gasteiger partial charge in [0.05, 0.1) is 36.4 Å². The molecule has 10 heteroatoms. The Morgan fingerprint density at radius 1 is 1.29 bits per heavy atom. The molecule has 1 aromatic rings. The van der Waals surface area contributed by atoms with Crippen molar-refractivity contribution in [3.63, 3.8) is 0 Å². The summed E-state index contributed by atoms with van der Waals surface area (Å²) >= 11 is 0. The molecule has 2 rings (SSSR count). The summed E-state index contributed by atoms with van der Waals surface area (Å²) in [5.74, 6) is -0.465. The highest BCUT2D eigenvalue weighted by Crippen LogP contribution is 2.42. The second-order valence-electron chi connectivity index (χ2n) is 7.26. The maximum atomic E-state index is 12.8. The number of benzene rings is 1. The number of hydrogen-bond donors (Lipinski definition) is 2. The smallest absolute Gasteiger partial charge is 0.338 e. The number of ether oxygens (including phenoxy) is 3. The molecule has 0 spiro atoms. The Hall–Kier alpha value is -3.30. The number of nitrogens with zero attached hydrogens (tertiary/aromatic N) is 1. The lowest BCUT2D eigenvalue weighted by molar-refractivity contribution is -0.386. The number of methoxy groups -OCH3 is 1. The third-order valence-corrected chi connectivity index (χ3v) is 4.62. The number of hydrogen-bond acceptors (Lipinski definition) is 7. The van der Waals surface area contributed by atoms with Gasteiger partial charge in [0.1, 0.15) is 0 Å². The molecule has 2 N–H and O–H groups in total. The van der Waals surface area contributed by atoms with Crippen molar-refractivity contribution in [2.45, 2.75) is 59.1 Å². The quantitative estimate of drug-likeness (QED) is 0.248. The van der Waals surface area contributed by atoms with E-state index in [4.69, 9.17) is 14.2 Å². The summed E-state index contributed by atoms with van der Waals surface area (Å²) in [6.07, 6.45) is 1.57. The van der Waals surface area contributed by atoms with E-state index in [9.17, 15) is 19.7 Å². The number of carbonyl (C=O) groups excluding carboxylic acids is 2. The van der Waals surface area contributed by atoms with E-state index in [1.165, 1.54) is 19.2 Å². The van der Waals surface area contributed by atoms with Gasteiger partial charge >= 0.3 is 17.7 Å². The zero-order chi connectivity index (χ0) is 23.1. The van der Waals surface area contributed by atoms with Crippen molar-refractivity contribution in [3.8, 4) is 11.5 Å². The average Bonchev–Trinajstić information content (AvgIpc) is 2.72. The Balaban J connectivity index is 2.62. The zero-order valence-electron chi connectivity index (χ0n) is 18.4. The van der Waals surface area contributed by atoms with Crippen LogP contribution in [0.1, 0.15) is 58.6 Å². The highest BCUT2D eigenvalue weighted by molar-refractivity contribution is 5.95. The maximum Gasteiger partial charge on any atom is 0.338 e. The summed E-state index contributed by atoms with van der Waals surface area (Å²) in [5.41, 5.74) is 0.576. The van der Waals surface area contributed by atoms with E-state index in [0.717, 1.165) is 12.8 Å². The number of unbranched alkanes of at least 4 members (excludes halogenated alkanes) is 1. The van der Waals surface area contributed by atoms with Crippen LogP contribution in [0.3, 0.4) is 0 Å². The fraction of sp³-hybridized carbons (Fsp3) is 0.524. The molecule has 1 aliphatic rings. The van der Waals surface area contributed by atoms with Gasteiger partial charge < -0.3 is 24.8 Å². The fourth-order valence-corrected chi connectivity index (χ4v) is 3.19. The number of allylic oxidation sites excluding steroid dienone is 1. The number of nitro groups is 1. The minimum atomic E-state index is -0.952. The minimum Gasteiger partial charge on any atom is -0.493 e. The molecule has 0 bridgehead atoms. The van der Waals surface area contributed by atoms with Gasteiger partial charge in [-0.1, -0.05) is 20.3 Å². The van der Waals surface area contributed by atoms with Crippen LogP contribution in [0.15, 0.2) is 23.4 Å². The molecule has 0 aromatic heterocycles. The SMILES string of the molecule is CCCCOc1c(OC)cc(C2NC(=O)NC(CC)=C2C(=O)OC(C)C)cc1[N+](=O)[O-]. The predicted octanol–water partition coefficient (Wildman–Crippen LogP) is 3.75. The summed E-state index contributed by atoms with van der Waals surface area (Å²) in [4.78, 5) is 36.2. The van der Waals surface area contributed by atoms with Crippen LogP contribution in [-0.4, -0.2) is 36.7 Å². The Morgan fingerprint density at radius 2 is 2.00 bits per heavy atom. The van der Waals surface area contributed by atoms with Crippen LogP contribution in [0.4, 0.5) is 10.5 Å². The Kier molecular flexibility index (Phi) is 8.23. The first kappa shape index (κ1) is 24.0. The molecule has 0 fully saturated rings. The summed E-state index contributed by atoms with van der Waals surface area (Å²) < 4.78 is 16.3. The topological polar surface area (TPSA) is 129 Å². The lowest BCUT2D eigenvalue weighted by Crippen LogP contribution is -2.46. The summed E-state index contributed by atoms with van der Waals surface area (Å²) in [6, 6.07) is 1.34. The molecular formula is C21H29N3O7. The van der Waals surface area contributed by atoms with Crippen molar-refractivity contribution < 1.29 is 28.7 Å². The van der Waals surface area contributed by atoms with E-state index >= 15 is 0 Å². The molecule has 31 heavy (non-hydrogen) atoms. The van der Waals surface area contributed by atoms with Crippen LogP contribution in [0.25, 0.3) is 0 Å². The number of amides is 2. The van der Waals surface area contributed by atoms with E-state index in [0.29, 0.717) is 24.3 Å². The van der Waals surface area contributed by atoms with E-state index in [2.05, 4.69) is 10.6 Å². The summed E-state index contributed by atoms with van der Waals surface area (Å²) in [5, 5.41) is 17.1. The van der Waals surface area contributed by atoms with E-state index in [1.54, 1.807) is 20.8 Å². The zero-order valence-corrected chi connectivity index (χ0v) is 18.4. The number of nitro benzene ring substituents is 1.